The number of nitrogens with zero attached hydrogens (tertiary/aromatic N) is 2. The summed E-state index contributed by atoms with van der Waals surface area (Å²) in [7, 11) is 3.22. The van der Waals surface area contributed by atoms with Crippen molar-refractivity contribution in [2.75, 3.05) is 40.5 Å². The van der Waals surface area contributed by atoms with Crippen molar-refractivity contribution < 1.29 is 23.8 Å². The summed E-state index contributed by atoms with van der Waals surface area (Å²) in [5.41, 5.74) is 2.05. The van der Waals surface area contributed by atoms with Gasteiger partial charge >= 0.3 is 0 Å². The van der Waals surface area contributed by atoms with Gasteiger partial charge in [-0.2, -0.15) is 0 Å². The van der Waals surface area contributed by atoms with Crippen molar-refractivity contribution in [1.82, 2.24) is 9.80 Å². The van der Waals surface area contributed by atoms with Crippen molar-refractivity contribution in [2.24, 2.45) is 0 Å². The number of hydrogen-bond donors (Lipinski definition) is 0. The number of ether oxygens (including phenoxy) is 3. The van der Waals surface area contributed by atoms with Gasteiger partial charge in [-0.25, -0.2) is 0 Å². The maximum atomic E-state index is 13.5. The van der Waals surface area contributed by atoms with Crippen LogP contribution >= 0.6 is 11.3 Å². The van der Waals surface area contributed by atoms with Gasteiger partial charge in [0.1, 0.15) is 6.61 Å². The lowest BCUT2D eigenvalue weighted by molar-refractivity contribution is -0.143. The number of rotatable bonds is 16. The third-order valence-corrected chi connectivity index (χ3v) is 7.06. The van der Waals surface area contributed by atoms with Gasteiger partial charge < -0.3 is 24.0 Å². The van der Waals surface area contributed by atoms with Crippen LogP contribution in [0.4, 0.5) is 0 Å². The average Bonchev–Trinajstić information content (AvgIpc) is 3.46. The van der Waals surface area contributed by atoms with Crippen LogP contribution in [0.25, 0.3) is 0 Å². The number of carbonyl (C=O) groups excluding carboxylic acids is 2. The Balaban J connectivity index is 1.65. The second-order valence-electron chi connectivity index (χ2n) is 8.98. The zero-order valence-electron chi connectivity index (χ0n) is 22.6. The van der Waals surface area contributed by atoms with Gasteiger partial charge in [-0.1, -0.05) is 55.8 Å². The topological polar surface area (TPSA) is 68.3 Å². The van der Waals surface area contributed by atoms with Gasteiger partial charge in [0.05, 0.1) is 33.9 Å². The van der Waals surface area contributed by atoms with Gasteiger partial charge in [0.15, 0.2) is 11.5 Å². The number of benzene rings is 2. The van der Waals surface area contributed by atoms with Crippen LogP contribution < -0.4 is 9.47 Å². The Morgan fingerprint density at radius 2 is 1.63 bits per heavy atom. The summed E-state index contributed by atoms with van der Waals surface area (Å²) in [5.74, 6) is 1.08. The second-order valence-corrected chi connectivity index (χ2v) is 10.0. The predicted octanol–water partition coefficient (Wildman–Crippen LogP) is 5.18. The first-order valence-electron chi connectivity index (χ1n) is 12.9. The van der Waals surface area contributed by atoms with Gasteiger partial charge in [-0.05, 0) is 47.5 Å². The molecule has 0 spiro atoms. The Morgan fingerprint density at radius 1 is 0.842 bits per heavy atom. The van der Waals surface area contributed by atoms with Gasteiger partial charge in [0, 0.05) is 18.0 Å². The van der Waals surface area contributed by atoms with Gasteiger partial charge in [0.2, 0.25) is 11.8 Å². The highest BCUT2D eigenvalue weighted by molar-refractivity contribution is 7.09. The molecular weight excluding hydrogens is 500 g/mol. The van der Waals surface area contributed by atoms with Gasteiger partial charge in [0.25, 0.3) is 0 Å². The van der Waals surface area contributed by atoms with Crippen LogP contribution in [0.2, 0.25) is 0 Å². The number of carbonyl (C=O) groups is 2. The minimum atomic E-state index is -0.168. The van der Waals surface area contributed by atoms with Crippen molar-refractivity contribution in [2.45, 2.75) is 39.3 Å². The number of unbranched alkanes of at least 4 members (excludes halogenated alkanes) is 1. The van der Waals surface area contributed by atoms with Crippen molar-refractivity contribution in [3.8, 4) is 11.5 Å². The van der Waals surface area contributed by atoms with Crippen molar-refractivity contribution in [3.05, 3.63) is 82.0 Å². The second kappa shape index (κ2) is 15.8. The smallest absolute Gasteiger partial charge is 0.249 e. The molecule has 0 N–H and O–H groups in total. The molecule has 0 radical (unpaired) electrons. The molecule has 0 bridgehead atoms. The summed E-state index contributed by atoms with van der Waals surface area (Å²) < 4.78 is 16.5. The summed E-state index contributed by atoms with van der Waals surface area (Å²) in [4.78, 5) is 31.1. The molecule has 8 heteroatoms. The minimum absolute atomic E-state index is 0.0326. The molecule has 3 rings (SSSR count). The van der Waals surface area contributed by atoms with E-state index in [1.54, 1.807) is 30.5 Å². The fraction of sp³-hybridized carbons (Fsp3) is 0.400. The lowest BCUT2D eigenvalue weighted by Gasteiger charge is -2.28. The molecular formula is C30H38N2O5S. The number of methoxy groups -OCH3 is 2. The molecule has 0 unspecified atom stereocenters. The number of amides is 2. The molecule has 0 saturated heterocycles. The first kappa shape index (κ1) is 29.2. The molecule has 1 heterocycles. The van der Waals surface area contributed by atoms with E-state index in [2.05, 4.69) is 6.92 Å². The first-order chi connectivity index (χ1) is 18.5. The fourth-order valence-electron chi connectivity index (χ4n) is 4.01. The number of thiophene rings is 1. The van der Waals surface area contributed by atoms with Crippen LogP contribution in [0.5, 0.6) is 11.5 Å². The maximum Gasteiger partial charge on any atom is 0.249 e. The van der Waals surface area contributed by atoms with E-state index in [1.165, 1.54) is 0 Å². The van der Waals surface area contributed by atoms with Crippen molar-refractivity contribution in [1.29, 1.82) is 0 Å². The van der Waals surface area contributed by atoms with Crippen LogP contribution in [0.1, 0.15) is 35.8 Å². The highest BCUT2D eigenvalue weighted by atomic mass is 32.1. The molecule has 2 aromatic carbocycles. The molecule has 0 saturated carbocycles. The molecule has 0 fully saturated rings. The van der Waals surface area contributed by atoms with E-state index in [1.807, 2.05) is 70.9 Å². The Hall–Kier alpha value is -3.36. The SMILES string of the molecule is CCCCN(CC(=O)N(CCc1ccc(OC)c(OC)c1)Cc1cccs1)C(=O)COCc1ccccc1. The van der Waals surface area contributed by atoms with Gasteiger partial charge in [-0.3, -0.25) is 9.59 Å². The van der Waals surface area contributed by atoms with Crippen molar-refractivity contribution in [3.63, 3.8) is 0 Å². The fourth-order valence-corrected chi connectivity index (χ4v) is 4.73. The Kier molecular flexibility index (Phi) is 12.1. The third kappa shape index (κ3) is 9.19. The molecule has 0 aliphatic heterocycles. The van der Waals surface area contributed by atoms with Crippen LogP contribution in [-0.4, -0.2) is 62.1 Å². The Labute approximate surface area is 229 Å². The molecule has 204 valence electrons. The molecule has 7 nitrogen and oxygen atoms in total. The molecule has 3 aromatic rings. The van der Waals surface area contributed by atoms with Crippen LogP contribution in [0, 0.1) is 0 Å². The average molecular weight is 539 g/mol. The van der Waals surface area contributed by atoms with E-state index in [0.29, 0.717) is 44.2 Å². The zero-order chi connectivity index (χ0) is 27.2. The van der Waals surface area contributed by atoms with E-state index >= 15 is 0 Å². The first-order valence-corrected chi connectivity index (χ1v) is 13.8. The summed E-state index contributed by atoms with van der Waals surface area (Å²) >= 11 is 1.62. The minimum Gasteiger partial charge on any atom is -0.493 e. The summed E-state index contributed by atoms with van der Waals surface area (Å²) in [5, 5.41) is 2.01. The van der Waals surface area contributed by atoms with Crippen LogP contribution in [0.3, 0.4) is 0 Å². The lowest BCUT2D eigenvalue weighted by Crippen LogP contribution is -2.44. The number of hydrogen-bond acceptors (Lipinski definition) is 6. The highest BCUT2D eigenvalue weighted by Crippen LogP contribution is 2.28. The van der Waals surface area contributed by atoms with E-state index < -0.39 is 0 Å². The normalized spacial score (nSPS) is 10.7. The molecule has 0 aliphatic carbocycles. The van der Waals surface area contributed by atoms with E-state index in [-0.39, 0.29) is 25.0 Å². The Bertz CT molecular complexity index is 1120. The summed E-state index contributed by atoms with van der Waals surface area (Å²) in [6.07, 6.45) is 2.41. The zero-order valence-corrected chi connectivity index (χ0v) is 23.4. The molecule has 0 aliphatic rings. The van der Waals surface area contributed by atoms with E-state index in [0.717, 1.165) is 28.8 Å². The largest absolute Gasteiger partial charge is 0.493 e. The predicted molar refractivity (Wildman–Crippen MR) is 151 cm³/mol. The standard InChI is InChI=1S/C30H38N2O5S/c1-4-5-16-31(30(34)23-37-22-25-10-7-6-8-11-25)21-29(33)32(20-26-12-9-18-38-26)17-15-24-13-14-27(35-2)28(19-24)36-3/h6-14,18-19H,4-5,15-17,20-23H2,1-3H3. The van der Waals surface area contributed by atoms with E-state index in [4.69, 9.17) is 14.2 Å². The van der Waals surface area contributed by atoms with E-state index in [9.17, 15) is 9.59 Å². The lowest BCUT2D eigenvalue weighted by atomic mass is 10.1. The highest BCUT2D eigenvalue weighted by Gasteiger charge is 2.22. The summed E-state index contributed by atoms with van der Waals surface area (Å²) in [6, 6.07) is 19.6. The van der Waals surface area contributed by atoms with Crippen molar-refractivity contribution >= 4 is 23.2 Å². The Morgan fingerprint density at radius 3 is 2.32 bits per heavy atom. The van der Waals surface area contributed by atoms with Crippen LogP contribution in [0.15, 0.2) is 66.0 Å². The molecule has 0 atom stereocenters. The molecule has 1 aromatic heterocycles. The molecule has 2 amide bonds. The third-order valence-electron chi connectivity index (χ3n) is 6.20. The quantitative estimate of drug-likeness (QED) is 0.251. The van der Waals surface area contributed by atoms with Crippen LogP contribution in [-0.2, 0) is 33.9 Å². The maximum absolute atomic E-state index is 13.5. The van der Waals surface area contributed by atoms with Gasteiger partial charge in [-0.15, -0.1) is 11.3 Å². The summed E-state index contributed by atoms with van der Waals surface area (Å²) in [6.45, 7) is 3.96. The monoisotopic (exact) mass is 538 g/mol. The molecule has 38 heavy (non-hydrogen) atoms.